The molecule has 0 aromatic carbocycles. The Morgan fingerprint density at radius 1 is 0.284 bits per heavy atom. The summed E-state index contributed by atoms with van der Waals surface area (Å²) in [5, 5.41) is 10.6. The van der Waals surface area contributed by atoms with Crippen LogP contribution in [0.1, 0.15) is 297 Å². The highest BCUT2D eigenvalue weighted by atomic mass is 31.2. The van der Waals surface area contributed by atoms with Crippen LogP contribution in [0.5, 0.6) is 0 Å². The molecule has 582 valence electrons. The molecule has 0 fully saturated rings. The number of phosphoric ester groups is 2. The Morgan fingerprint density at radius 3 is 0.843 bits per heavy atom. The van der Waals surface area contributed by atoms with Crippen LogP contribution in [-0.4, -0.2) is 96.7 Å². The van der Waals surface area contributed by atoms with Gasteiger partial charge in [-0.15, -0.1) is 0 Å². The Balaban J connectivity index is 5.41. The van der Waals surface area contributed by atoms with Crippen molar-refractivity contribution in [2.24, 2.45) is 0 Å². The van der Waals surface area contributed by atoms with Crippen molar-refractivity contribution in [3.8, 4) is 0 Å². The molecule has 19 heteroatoms. The van der Waals surface area contributed by atoms with Gasteiger partial charge in [-0.3, -0.25) is 37.3 Å². The first kappa shape index (κ1) is 96.9. The summed E-state index contributed by atoms with van der Waals surface area (Å²) in [5.74, 6) is -2.27. The second kappa shape index (κ2) is 74.2. The number of carbonyl (C=O) groups excluding carboxylic acids is 4. The Bertz CT molecular complexity index is 2510. The molecule has 5 unspecified atom stereocenters. The van der Waals surface area contributed by atoms with Crippen LogP contribution in [0.2, 0.25) is 0 Å². The monoisotopic (exact) mass is 1470 g/mol. The van der Waals surface area contributed by atoms with Gasteiger partial charge in [-0.05, 0) is 161 Å². The molecule has 5 atom stereocenters. The molecule has 3 N–H and O–H groups in total. The molecular formula is C83H138O17P2. The predicted octanol–water partition coefficient (Wildman–Crippen LogP) is 22.7. The minimum atomic E-state index is -5.00. The molecule has 0 aliphatic carbocycles. The van der Waals surface area contributed by atoms with Gasteiger partial charge in [-0.2, -0.15) is 0 Å². The molecule has 17 nitrogen and oxygen atoms in total. The fourth-order valence-electron chi connectivity index (χ4n) is 9.86. The lowest BCUT2D eigenvalue weighted by Crippen LogP contribution is -2.30. The molecule has 0 aromatic heterocycles. The van der Waals surface area contributed by atoms with Crippen molar-refractivity contribution < 1.29 is 80.2 Å². The summed E-state index contributed by atoms with van der Waals surface area (Å²) in [4.78, 5) is 72.9. The van der Waals surface area contributed by atoms with Gasteiger partial charge in [0, 0.05) is 25.7 Å². The summed E-state index contributed by atoms with van der Waals surface area (Å²) in [7, 11) is -9.99. The average molecular weight is 1470 g/mol. The molecular weight excluding hydrogens is 1330 g/mol. The predicted molar refractivity (Wildman–Crippen MR) is 417 cm³/mol. The molecule has 0 saturated heterocycles. The molecule has 0 rings (SSSR count). The van der Waals surface area contributed by atoms with Gasteiger partial charge in [0.2, 0.25) is 0 Å². The van der Waals surface area contributed by atoms with Crippen molar-refractivity contribution in [3.05, 3.63) is 146 Å². The quantitative estimate of drug-likeness (QED) is 0.0169. The Kier molecular flexibility index (Phi) is 70.5. The number of hydrogen-bond donors (Lipinski definition) is 3. The van der Waals surface area contributed by atoms with Crippen molar-refractivity contribution >= 4 is 39.5 Å². The van der Waals surface area contributed by atoms with E-state index < -0.39 is 97.5 Å². The van der Waals surface area contributed by atoms with Crippen molar-refractivity contribution in [3.63, 3.8) is 0 Å². The minimum absolute atomic E-state index is 0.0344. The number of hydrogen-bond acceptors (Lipinski definition) is 15. The second-order valence-electron chi connectivity index (χ2n) is 25.5. The summed E-state index contributed by atoms with van der Waals surface area (Å²) in [6.07, 6.45) is 84.0. The van der Waals surface area contributed by atoms with Crippen LogP contribution in [0.25, 0.3) is 0 Å². The van der Waals surface area contributed by atoms with Gasteiger partial charge in [0.1, 0.15) is 19.3 Å². The lowest BCUT2D eigenvalue weighted by molar-refractivity contribution is -0.161. The topological polar surface area (TPSA) is 237 Å². The minimum Gasteiger partial charge on any atom is -0.462 e. The summed E-state index contributed by atoms with van der Waals surface area (Å²) in [6.45, 7) is 4.45. The molecule has 0 heterocycles. The molecule has 0 amide bonds. The Morgan fingerprint density at radius 2 is 0.529 bits per heavy atom. The standard InChI is InChI=1S/C83H138O17P2/c1-5-9-13-17-21-25-29-33-36-37-38-39-42-45-48-52-56-60-64-68-81(86)94-74-79(100-83(88)70-66-62-58-54-50-46-41-35-31-27-23-19-15-11-7-3)76-98-102(91,92)96-72-77(84)71-95-101(89,90)97-75-78(99-82(87)69-65-61-57-53-49-43-32-28-24-20-16-12-8-4)73-93-80(85)67-63-59-55-51-47-44-40-34-30-26-22-18-14-10-6-2/h9,11,13,15-16,20-23,25-28,32-36,38-41,50,54,77-79,84H,5-8,10,12,14,17-19,24,29-31,37,42-49,51-53,55-76H2,1-4H3,(H,89,90)(H,91,92)/b13-9-,15-11-,20-16-,25-21-,26-22-,27-23-,32-28-,36-33-,39-38-,40-34-,41-35-,54-50-. The van der Waals surface area contributed by atoms with Gasteiger partial charge in [-0.1, -0.05) is 257 Å². The maximum atomic E-state index is 13.1. The summed E-state index contributed by atoms with van der Waals surface area (Å²) < 4.78 is 68.5. The number of aliphatic hydroxyl groups excluding tert-OH is 1. The maximum absolute atomic E-state index is 13.1. The molecule has 102 heavy (non-hydrogen) atoms. The molecule has 0 radical (unpaired) electrons. The van der Waals surface area contributed by atoms with E-state index in [4.69, 9.17) is 37.0 Å². The van der Waals surface area contributed by atoms with E-state index in [0.29, 0.717) is 32.1 Å². The van der Waals surface area contributed by atoms with E-state index in [1.807, 2.05) is 0 Å². The molecule has 0 bridgehead atoms. The zero-order chi connectivity index (χ0) is 74.6. The smallest absolute Gasteiger partial charge is 0.462 e. The van der Waals surface area contributed by atoms with Gasteiger partial charge in [-0.25, -0.2) is 9.13 Å². The van der Waals surface area contributed by atoms with Gasteiger partial charge >= 0.3 is 39.5 Å². The first-order valence-corrected chi connectivity index (χ1v) is 42.1. The first-order valence-electron chi connectivity index (χ1n) is 39.1. The number of unbranched alkanes of at least 4 members (excludes halogenated alkanes) is 22. The average Bonchev–Trinajstić information content (AvgIpc) is 0.924. The van der Waals surface area contributed by atoms with Crippen LogP contribution < -0.4 is 0 Å². The number of carbonyl (C=O) groups is 4. The van der Waals surface area contributed by atoms with E-state index >= 15 is 0 Å². The van der Waals surface area contributed by atoms with E-state index in [0.717, 1.165) is 193 Å². The number of allylic oxidation sites excluding steroid dienone is 24. The SMILES string of the molecule is CC/C=C\C/C=C\C/C=C\C/C=C\CCCCCCCCC(=O)OCC(COP(=O)(O)OCC(O)COP(=O)(O)OCC(COC(=O)CCCCCCC/C=C\C/C=C\CCCCC)OC(=O)CCCCCCC/C=C\C/C=C\CCC)OC(=O)CCCC/C=C\C/C=C\C/C=C\C/C=C\CC. The molecule has 0 spiro atoms. The molecule has 0 aliphatic rings. The van der Waals surface area contributed by atoms with E-state index in [1.54, 1.807) is 0 Å². The third-order valence-corrected chi connectivity index (χ3v) is 17.7. The summed E-state index contributed by atoms with van der Waals surface area (Å²) in [5.41, 5.74) is 0. The third-order valence-electron chi connectivity index (χ3n) is 15.7. The highest BCUT2D eigenvalue weighted by Gasteiger charge is 2.30. The fraction of sp³-hybridized carbons (Fsp3) is 0.663. The number of phosphoric acid groups is 2. The largest absolute Gasteiger partial charge is 0.472 e. The molecule has 0 aliphatic heterocycles. The van der Waals surface area contributed by atoms with Crippen molar-refractivity contribution in [2.75, 3.05) is 39.6 Å². The third kappa shape index (κ3) is 73.3. The van der Waals surface area contributed by atoms with E-state index in [1.165, 1.54) is 19.3 Å². The Labute approximate surface area is 617 Å². The van der Waals surface area contributed by atoms with E-state index in [9.17, 15) is 43.2 Å². The number of aliphatic hydroxyl groups is 1. The van der Waals surface area contributed by atoms with E-state index in [-0.39, 0.29) is 25.7 Å². The van der Waals surface area contributed by atoms with Crippen molar-refractivity contribution in [2.45, 2.75) is 316 Å². The molecule has 0 saturated carbocycles. The number of esters is 4. The van der Waals surface area contributed by atoms with Crippen LogP contribution in [-0.2, 0) is 65.4 Å². The van der Waals surface area contributed by atoms with Crippen LogP contribution in [0, 0.1) is 0 Å². The highest BCUT2D eigenvalue weighted by Crippen LogP contribution is 2.45. The number of rotatable bonds is 72. The second-order valence-corrected chi connectivity index (χ2v) is 28.4. The lowest BCUT2D eigenvalue weighted by atomic mass is 10.1. The Hall–Kier alpha value is -5.06. The number of ether oxygens (including phenoxy) is 4. The summed E-state index contributed by atoms with van der Waals surface area (Å²) >= 11 is 0. The van der Waals surface area contributed by atoms with Gasteiger partial charge in [0.05, 0.1) is 26.4 Å². The first-order chi connectivity index (χ1) is 49.7. The van der Waals surface area contributed by atoms with Crippen LogP contribution in [0.15, 0.2) is 146 Å². The fourth-order valence-corrected chi connectivity index (χ4v) is 11.4. The zero-order valence-electron chi connectivity index (χ0n) is 63.5. The van der Waals surface area contributed by atoms with Crippen LogP contribution >= 0.6 is 15.6 Å². The van der Waals surface area contributed by atoms with Crippen molar-refractivity contribution in [1.82, 2.24) is 0 Å². The van der Waals surface area contributed by atoms with Gasteiger partial charge < -0.3 is 33.8 Å². The van der Waals surface area contributed by atoms with Gasteiger partial charge in [0.25, 0.3) is 0 Å². The summed E-state index contributed by atoms with van der Waals surface area (Å²) in [6, 6.07) is 0. The lowest BCUT2D eigenvalue weighted by Gasteiger charge is -2.21. The highest BCUT2D eigenvalue weighted by molar-refractivity contribution is 7.47. The maximum Gasteiger partial charge on any atom is 0.472 e. The zero-order valence-corrected chi connectivity index (χ0v) is 65.3. The normalized spacial score (nSPS) is 14.7. The van der Waals surface area contributed by atoms with Crippen molar-refractivity contribution in [1.29, 1.82) is 0 Å². The van der Waals surface area contributed by atoms with Crippen LogP contribution in [0.4, 0.5) is 0 Å². The van der Waals surface area contributed by atoms with Crippen LogP contribution in [0.3, 0.4) is 0 Å². The van der Waals surface area contributed by atoms with Gasteiger partial charge in [0.15, 0.2) is 12.2 Å². The van der Waals surface area contributed by atoms with E-state index in [2.05, 4.69) is 174 Å². The molecule has 0 aromatic rings.